The van der Waals surface area contributed by atoms with Crippen molar-refractivity contribution in [2.75, 3.05) is 33.0 Å². The van der Waals surface area contributed by atoms with Gasteiger partial charge in [-0.05, 0) is 35.7 Å². The Morgan fingerprint density at radius 3 is 2.35 bits per heavy atom. The molecule has 0 unspecified atom stereocenters. The van der Waals surface area contributed by atoms with E-state index in [0.717, 1.165) is 47.8 Å². The number of piperazine rings is 1. The molecule has 1 saturated heterocycles. The van der Waals surface area contributed by atoms with Crippen LogP contribution in [0.4, 0.5) is 0 Å². The zero-order chi connectivity index (χ0) is 23.3. The SMILES string of the molecule is Cc1cccc2c1C(=O)[C@@](c1ccccc1)(N1CCN(Cc3ccc4c(c3)OCO4)CC1)C2=O. The van der Waals surface area contributed by atoms with E-state index in [-0.39, 0.29) is 18.4 Å². The van der Waals surface area contributed by atoms with Crippen molar-refractivity contribution in [3.05, 3.63) is 94.5 Å². The summed E-state index contributed by atoms with van der Waals surface area (Å²) in [6.45, 7) is 5.74. The van der Waals surface area contributed by atoms with E-state index >= 15 is 0 Å². The van der Waals surface area contributed by atoms with Gasteiger partial charge in [-0.1, -0.05) is 54.6 Å². The average molecular weight is 455 g/mol. The number of aryl methyl sites for hydroxylation is 1. The van der Waals surface area contributed by atoms with Gasteiger partial charge in [-0.2, -0.15) is 0 Å². The lowest BCUT2D eigenvalue weighted by molar-refractivity contribution is 0.0279. The van der Waals surface area contributed by atoms with Gasteiger partial charge in [0.1, 0.15) is 0 Å². The second-order valence-electron chi connectivity index (χ2n) is 9.18. The molecule has 0 amide bonds. The Bertz CT molecular complexity index is 1280. The zero-order valence-electron chi connectivity index (χ0n) is 19.1. The Morgan fingerprint density at radius 1 is 0.824 bits per heavy atom. The summed E-state index contributed by atoms with van der Waals surface area (Å²) in [6, 6.07) is 21.2. The standard InChI is InChI=1S/C28H26N2O4/c1-19-6-5-9-22-25(19)27(32)28(26(22)31,21-7-3-2-4-8-21)30-14-12-29(13-15-30)17-20-10-11-23-24(16-20)34-18-33-23/h2-11,16H,12-15,17-18H2,1H3/t28-/m0/s1. The van der Waals surface area contributed by atoms with Crippen LogP contribution in [-0.4, -0.2) is 54.3 Å². The van der Waals surface area contributed by atoms with Crippen LogP contribution in [0.15, 0.2) is 66.7 Å². The molecule has 1 aliphatic carbocycles. The monoisotopic (exact) mass is 454 g/mol. The van der Waals surface area contributed by atoms with Gasteiger partial charge < -0.3 is 9.47 Å². The molecule has 0 bridgehead atoms. The Kier molecular flexibility index (Phi) is 5.01. The van der Waals surface area contributed by atoms with Crippen LogP contribution in [0, 0.1) is 6.92 Å². The van der Waals surface area contributed by atoms with Gasteiger partial charge in [0, 0.05) is 43.9 Å². The van der Waals surface area contributed by atoms with E-state index in [9.17, 15) is 9.59 Å². The summed E-state index contributed by atoms with van der Waals surface area (Å²) in [4.78, 5) is 32.4. The zero-order valence-corrected chi connectivity index (χ0v) is 19.1. The summed E-state index contributed by atoms with van der Waals surface area (Å²) in [5.41, 5.74) is 2.59. The van der Waals surface area contributed by atoms with Gasteiger partial charge in [-0.25, -0.2) is 0 Å². The highest BCUT2D eigenvalue weighted by molar-refractivity contribution is 6.33. The molecule has 0 spiro atoms. The lowest BCUT2D eigenvalue weighted by Gasteiger charge is -2.44. The second-order valence-corrected chi connectivity index (χ2v) is 9.18. The van der Waals surface area contributed by atoms with E-state index in [1.54, 1.807) is 6.07 Å². The Morgan fingerprint density at radius 2 is 1.59 bits per heavy atom. The minimum atomic E-state index is -1.29. The van der Waals surface area contributed by atoms with Crippen LogP contribution in [0.1, 0.15) is 37.4 Å². The van der Waals surface area contributed by atoms with Crippen LogP contribution in [-0.2, 0) is 12.1 Å². The maximum absolute atomic E-state index is 14.0. The van der Waals surface area contributed by atoms with Crippen molar-refractivity contribution in [2.24, 2.45) is 0 Å². The number of ketones is 2. The lowest BCUT2D eigenvalue weighted by atomic mass is 9.82. The van der Waals surface area contributed by atoms with E-state index in [2.05, 4.69) is 15.9 Å². The van der Waals surface area contributed by atoms with Gasteiger partial charge in [0.05, 0.1) is 0 Å². The Balaban J connectivity index is 1.29. The quantitative estimate of drug-likeness (QED) is 0.559. The summed E-state index contributed by atoms with van der Waals surface area (Å²) in [5, 5.41) is 0. The molecule has 6 rings (SSSR count). The molecule has 6 heteroatoms. The lowest BCUT2D eigenvalue weighted by Crippen LogP contribution is -2.60. The molecular formula is C28H26N2O4. The first-order chi connectivity index (χ1) is 16.6. The topological polar surface area (TPSA) is 59.1 Å². The van der Waals surface area contributed by atoms with Crippen molar-refractivity contribution in [1.82, 2.24) is 9.80 Å². The molecule has 34 heavy (non-hydrogen) atoms. The molecule has 3 aromatic rings. The molecule has 2 aliphatic heterocycles. The smallest absolute Gasteiger partial charge is 0.231 e. The fourth-order valence-corrected chi connectivity index (χ4v) is 5.59. The highest BCUT2D eigenvalue weighted by Gasteiger charge is 2.58. The van der Waals surface area contributed by atoms with E-state index < -0.39 is 5.54 Å². The fraction of sp³-hybridized carbons (Fsp3) is 0.286. The first-order valence-corrected chi connectivity index (χ1v) is 11.7. The van der Waals surface area contributed by atoms with Crippen LogP contribution < -0.4 is 9.47 Å². The number of ether oxygens (including phenoxy) is 2. The summed E-state index contributed by atoms with van der Waals surface area (Å²) >= 11 is 0. The number of benzene rings is 3. The Hall–Kier alpha value is -3.48. The number of hydrogen-bond acceptors (Lipinski definition) is 6. The van der Waals surface area contributed by atoms with Gasteiger partial charge in [-0.15, -0.1) is 0 Å². The number of fused-ring (bicyclic) bond motifs is 2. The van der Waals surface area contributed by atoms with Crippen LogP contribution in [0.5, 0.6) is 11.5 Å². The highest BCUT2D eigenvalue weighted by Crippen LogP contribution is 2.44. The van der Waals surface area contributed by atoms with E-state index in [1.807, 2.05) is 61.5 Å². The van der Waals surface area contributed by atoms with Crippen molar-refractivity contribution in [3.8, 4) is 11.5 Å². The average Bonchev–Trinajstić information content (AvgIpc) is 3.42. The molecule has 2 heterocycles. The number of carbonyl (C=O) groups excluding carboxylic acids is 2. The van der Waals surface area contributed by atoms with Gasteiger partial charge in [0.25, 0.3) is 0 Å². The molecule has 1 fully saturated rings. The van der Waals surface area contributed by atoms with Gasteiger partial charge in [-0.3, -0.25) is 19.4 Å². The van der Waals surface area contributed by atoms with Crippen molar-refractivity contribution < 1.29 is 19.1 Å². The second kappa shape index (κ2) is 8.08. The van der Waals surface area contributed by atoms with Gasteiger partial charge in [0.15, 0.2) is 28.6 Å². The van der Waals surface area contributed by atoms with E-state index in [1.165, 1.54) is 0 Å². The third-order valence-corrected chi connectivity index (χ3v) is 7.28. The van der Waals surface area contributed by atoms with Crippen molar-refractivity contribution >= 4 is 11.6 Å². The first-order valence-electron chi connectivity index (χ1n) is 11.7. The number of hydrogen-bond donors (Lipinski definition) is 0. The number of nitrogens with zero attached hydrogens (tertiary/aromatic N) is 2. The molecule has 3 aromatic carbocycles. The molecule has 0 saturated carbocycles. The molecule has 0 radical (unpaired) electrons. The predicted molar refractivity (Wildman–Crippen MR) is 127 cm³/mol. The van der Waals surface area contributed by atoms with Crippen LogP contribution in [0.3, 0.4) is 0 Å². The maximum atomic E-state index is 14.0. The van der Waals surface area contributed by atoms with Crippen LogP contribution in [0.2, 0.25) is 0 Å². The first kappa shape index (κ1) is 21.1. The normalized spacial score (nSPS) is 22.3. The Labute approximate surface area is 198 Å². The third kappa shape index (κ3) is 3.10. The predicted octanol–water partition coefficient (Wildman–Crippen LogP) is 3.82. The van der Waals surface area contributed by atoms with Gasteiger partial charge in [0.2, 0.25) is 6.79 Å². The number of carbonyl (C=O) groups is 2. The molecule has 1 atom stereocenters. The van der Waals surface area contributed by atoms with Gasteiger partial charge >= 0.3 is 0 Å². The van der Waals surface area contributed by atoms with Crippen molar-refractivity contribution in [2.45, 2.75) is 19.0 Å². The fourth-order valence-electron chi connectivity index (χ4n) is 5.59. The number of rotatable bonds is 4. The van der Waals surface area contributed by atoms with Crippen LogP contribution in [0.25, 0.3) is 0 Å². The minimum Gasteiger partial charge on any atom is -0.454 e. The molecule has 0 N–H and O–H groups in total. The maximum Gasteiger partial charge on any atom is 0.231 e. The van der Waals surface area contributed by atoms with E-state index in [4.69, 9.17) is 9.47 Å². The summed E-state index contributed by atoms with van der Waals surface area (Å²) in [7, 11) is 0. The van der Waals surface area contributed by atoms with Crippen LogP contribution >= 0.6 is 0 Å². The summed E-state index contributed by atoms with van der Waals surface area (Å²) < 4.78 is 10.9. The summed E-state index contributed by atoms with van der Waals surface area (Å²) in [5.74, 6) is 1.37. The largest absolute Gasteiger partial charge is 0.454 e. The minimum absolute atomic E-state index is 0.0963. The van der Waals surface area contributed by atoms with Crippen molar-refractivity contribution in [3.63, 3.8) is 0 Å². The molecular weight excluding hydrogens is 428 g/mol. The third-order valence-electron chi connectivity index (χ3n) is 7.28. The molecule has 3 aliphatic rings. The molecule has 6 nitrogen and oxygen atoms in total. The van der Waals surface area contributed by atoms with E-state index in [0.29, 0.717) is 24.2 Å². The molecule has 0 aromatic heterocycles. The number of Topliss-reactive ketones (excluding diaryl/α,β-unsaturated/α-hetero) is 2. The highest BCUT2D eigenvalue weighted by atomic mass is 16.7. The van der Waals surface area contributed by atoms with Crippen molar-refractivity contribution in [1.29, 1.82) is 0 Å². The summed E-state index contributed by atoms with van der Waals surface area (Å²) in [6.07, 6.45) is 0. The molecule has 172 valence electrons.